The van der Waals surface area contributed by atoms with Crippen molar-refractivity contribution >= 4 is 23.5 Å². The summed E-state index contributed by atoms with van der Waals surface area (Å²) in [6.07, 6.45) is 0.176. The van der Waals surface area contributed by atoms with Gasteiger partial charge >= 0.3 is 6.03 Å². The predicted octanol–water partition coefficient (Wildman–Crippen LogP) is 1.27. The summed E-state index contributed by atoms with van der Waals surface area (Å²) in [5.74, 6) is -0.0788. The first-order valence-corrected chi connectivity index (χ1v) is 6.78. The average molecular weight is 276 g/mol. The van der Waals surface area contributed by atoms with Gasteiger partial charge in [0.05, 0.1) is 0 Å². The van der Waals surface area contributed by atoms with Crippen LogP contribution in [0.2, 0.25) is 0 Å². The third-order valence-corrected chi connectivity index (χ3v) is 3.27. The lowest BCUT2D eigenvalue weighted by Crippen LogP contribution is -2.56. The number of urea groups is 1. The molecule has 1 heterocycles. The number of carbonyl (C=O) groups is 2. The minimum atomic E-state index is -0.312. The van der Waals surface area contributed by atoms with Crippen molar-refractivity contribution in [2.75, 3.05) is 32.1 Å². The van der Waals surface area contributed by atoms with Crippen LogP contribution in [0.5, 0.6) is 0 Å². The van der Waals surface area contributed by atoms with Gasteiger partial charge < -0.3 is 4.90 Å². The third-order valence-electron chi connectivity index (χ3n) is 3.08. The summed E-state index contributed by atoms with van der Waals surface area (Å²) in [4.78, 5) is 27.0. The van der Waals surface area contributed by atoms with Crippen LogP contribution in [0, 0.1) is 0 Å². The Balaban J connectivity index is 2.39. The number of carbonyl (C=O) groups excluding carboxylic acids is 2. The molecule has 0 aliphatic carbocycles. The minimum Gasteiger partial charge on any atom is -0.322 e. The molecule has 0 bridgehead atoms. The second-order valence-electron chi connectivity index (χ2n) is 5.44. The van der Waals surface area contributed by atoms with E-state index in [0.29, 0.717) is 13.1 Å². The van der Waals surface area contributed by atoms with Crippen LogP contribution in [0.25, 0.3) is 0 Å². The van der Waals surface area contributed by atoms with Gasteiger partial charge in [0.1, 0.15) is 0 Å². The van der Waals surface area contributed by atoms with Crippen molar-refractivity contribution in [3.63, 3.8) is 0 Å². The number of piperazine rings is 1. The Morgan fingerprint density at radius 3 is 2.17 bits per heavy atom. The van der Waals surface area contributed by atoms with Gasteiger partial charge in [0, 0.05) is 44.0 Å². The quantitative estimate of drug-likeness (QED) is 0.772. The molecule has 1 aliphatic rings. The predicted molar refractivity (Wildman–Crippen MR) is 71.8 cm³/mol. The minimum absolute atomic E-state index is 0.122. The molecule has 0 aromatic heterocycles. The molecule has 3 amide bonds. The van der Waals surface area contributed by atoms with Gasteiger partial charge in [0.25, 0.3) is 0 Å². The molecule has 0 unspecified atom stereocenters. The highest BCUT2D eigenvalue weighted by molar-refractivity contribution is 6.19. The number of hydrogen-bond acceptors (Lipinski definition) is 3. The molecule has 1 aliphatic heterocycles. The highest BCUT2D eigenvalue weighted by Crippen LogP contribution is 2.15. The molecule has 1 saturated heterocycles. The number of imide groups is 1. The zero-order valence-corrected chi connectivity index (χ0v) is 12.1. The van der Waals surface area contributed by atoms with Crippen molar-refractivity contribution < 1.29 is 9.59 Å². The highest BCUT2D eigenvalue weighted by atomic mass is 35.5. The molecule has 1 rings (SSSR count). The normalized spacial score (nSPS) is 17.7. The monoisotopic (exact) mass is 275 g/mol. The van der Waals surface area contributed by atoms with Crippen LogP contribution < -0.4 is 5.32 Å². The number of nitrogens with zero attached hydrogens (tertiary/aromatic N) is 2. The van der Waals surface area contributed by atoms with E-state index in [4.69, 9.17) is 11.6 Å². The fourth-order valence-electron chi connectivity index (χ4n) is 1.93. The second-order valence-corrected chi connectivity index (χ2v) is 5.82. The molecule has 0 radical (unpaired) electrons. The van der Waals surface area contributed by atoms with Crippen molar-refractivity contribution in [1.82, 2.24) is 15.1 Å². The van der Waals surface area contributed by atoms with E-state index in [1.165, 1.54) is 0 Å². The van der Waals surface area contributed by atoms with Crippen molar-refractivity contribution in [2.45, 2.75) is 32.7 Å². The Labute approximate surface area is 113 Å². The summed E-state index contributed by atoms with van der Waals surface area (Å²) < 4.78 is 0. The molecular weight excluding hydrogens is 254 g/mol. The zero-order valence-electron chi connectivity index (χ0n) is 11.3. The first kappa shape index (κ1) is 15.2. The number of nitrogens with one attached hydrogen (secondary N) is 1. The van der Waals surface area contributed by atoms with Gasteiger partial charge in [-0.05, 0) is 20.8 Å². The van der Waals surface area contributed by atoms with E-state index in [2.05, 4.69) is 31.0 Å². The lowest BCUT2D eigenvalue weighted by molar-refractivity contribution is -0.119. The maximum Gasteiger partial charge on any atom is 0.324 e. The van der Waals surface area contributed by atoms with E-state index in [1.54, 1.807) is 4.90 Å². The van der Waals surface area contributed by atoms with Gasteiger partial charge in [-0.3, -0.25) is 15.0 Å². The molecule has 18 heavy (non-hydrogen) atoms. The van der Waals surface area contributed by atoms with Gasteiger partial charge in [-0.2, -0.15) is 0 Å². The largest absolute Gasteiger partial charge is 0.324 e. The molecular formula is C12H22ClN3O2. The molecule has 1 N–H and O–H groups in total. The number of amides is 3. The summed E-state index contributed by atoms with van der Waals surface area (Å²) in [5.41, 5.74) is 0.122. The summed E-state index contributed by atoms with van der Waals surface area (Å²) in [5, 5.41) is 2.35. The van der Waals surface area contributed by atoms with E-state index in [-0.39, 0.29) is 29.8 Å². The molecule has 104 valence electrons. The number of halogens is 1. The maximum absolute atomic E-state index is 11.8. The number of hydrogen-bond donors (Lipinski definition) is 1. The van der Waals surface area contributed by atoms with Crippen molar-refractivity contribution in [2.24, 2.45) is 0 Å². The maximum atomic E-state index is 11.8. The summed E-state index contributed by atoms with van der Waals surface area (Å²) in [6, 6.07) is -0.307. The number of alkyl halides is 1. The fraction of sp³-hybridized carbons (Fsp3) is 0.833. The second kappa shape index (κ2) is 6.38. The van der Waals surface area contributed by atoms with Crippen LogP contribution in [0.15, 0.2) is 0 Å². The van der Waals surface area contributed by atoms with Crippen molar-refractivity contribution in [1.29, 1.82) is 0 Å². The SMILES string of the molecule is CC(C)(C)N1CCN(C(=O)NC(=O)CCCl)CC1. The molecule has 1 fully saturated rings. The van der Waals surface area contributed by atoms with E-state index >= 15 is 0 Å². The van der Waals surface area contributed by atoms with Crippen LogP contribution >= 0.6 is 11.6 Å². The first-order chi connectivity index (χ1) is 8.34. The van der Waals surface area contributed by atoms with E-state index < -0.39 is 0 Å². The van der Waals surface area contributed by atoms with Crippen LogP contribution in [-0.4, -0.2) is 59.3 Å². The summed E-state index contributed by atoms with van der Waals surface area (Å²) >= 11 is 5.44. The standard InChI is InChI=1S/C12H22ClN3O2/c1-12(2,3)16-8-6-15(7-9-16)11(18)14-10(17)4-5-13/h4-9H2,1-3H3,(H,14,17,18). The zero-order chi connectivity index (χ0) is 13.8. The Morgan fingerprint density at radius 1 is 1.17 bits per heavy atom. The molecule has 0 spiro atoms. The topological polar surface area (TPSA) is 52.6 Å². The Morgan fingerprint density at radius 2 is 1.72 bits per heavy atom. The van der Waals surface area contributed by atoms with E-state index in [9.17, 15) is 9.59 Å². The van der Waals surface area contributed by atoms with Gasteiger partial charge in [-0.25, -0.2) is 4.79 Å². The molecule has 0 saturated carbocycles. The van der Waals surface area contributed by atoms with Gasteiger partial charge in [-0.1, -0.05) is 0 Å². The van der Waals surface area contributed by atoms with Crippen molar-refractivity contribution in [3.05, 3.63) is 0 Å². The summed E-state index contributed by atoms with van der Waals surface area (Å²) in [6.45, 7) is 9.45. The molecule has 6 heteroatoms. The van der Waals surface area contributed by atoms with Crippen LogP contribution in [0.4, 0.5) is 4.79 Å². The third kappa shape index (κ3) is 4.46. The van der Waals surface area contributed by atoms with Gasteiger partial charge in [0.2, 0.25) is 5.91 Å². The Bertz CT molecular complexity index is 307. The smallest absolute Gasteiger partial charge is 0.322 e. The van der Waals surface area contributed by atoms with Crippen LogP contribution in [-0.2, 0) is 4.79 Å². The number of rotatable bonds is 2. The first-order valence-electron chi connectivity index (χ1n) is 6.24. The van der Waals surface area contributed by atoms with E-state index in [0.717, 1.165) is 13.1 Å². The van der Waals surface area contributed by atoms with Crippen LogP contribution in [0.1, 0.15) is 27.2 Å². The molecule has 0 aromatic rings. The highest BCUT2D eigenvalue weighted by Gasteiger charge is 2.28. The Kier molecular flexibility index (Phi) is 5.41. The Hall–Kier alpha value is -0.810. The van der Waals surface area contributed by atoms with Gasteiger partial charge in [0.15, 0.2) is 0 Å². The van der Waals surface area contributed by atoms with Crippen LogP contribution in [0.3, 0.4) is 0 Å². The average Bonchev–Trinajstić information content (AvgIpc) is 2.28. The molecule has 5 nitrogen and oxygen atoms in total. The summed E-state index contributed by atoms with van der Waals surface area (Å²) in [7, 11) is 0. The van der Waals surface area contributed by atoms with Crippen molar-refractivity contribution in [3.8, 4) is 0 Å². The van der Waals surface area contributed by atoms with E-state index in [1.807, 2.05) is 0 Å². The fourth-order valence-corrected chi connectivity index (χ4v) is 2.10. The molecule has 0 aromatic carbocycles. The molecule has 0 atom stereocenters. The van der Waals surface area contributed by atoms with Gasteiger partial charge in [-0.15, -0.1) is 11.6 Å². The lowest BCUT2D eigenvalue weighted by Gasteiger charge is -2.42. The lowest BCUT2D eigenvalue weighted by atomic mass is 10.1.